The highest BCUT2D eigenvalue weighted by Crippen LogP contribution is 2.26. The molecule has 0 saturated heterocycles. The van der Waals surface area contributed by atoms with Crippen LogP contribution in [0.2, 0.25) is 0 Å². The van der Waals surface area contributed by atoms with E-state index < -0.39 is 0 Å². The smallest absolute Gasteiger partial charge is 0.130 e. The molecule has 1 aromatic heterocycles. The molecule has 0 fully saturated rings. The number of anilines is 1. The van der Waals surface area contributed by atoms with Crippen LogP contribution in [0.4, 0.5) is 5.82 Å². The molecule has 4 N–H and O–H groups in total. The molecule has 0 spiro atoms. The predicted molar refractivity (Wildman–Crippen MR) is 55.8 cm³/mol. The summed E-state index contributed by atoms with van der Waals surface area (Å²) in [5.74, 6) is 1.97. The molecule has 0 aromatic carbocycles. The van der Waals surface area contributed by atoms with E-state index in [2.05, 4.69) is 9.97 Å². The molecule has 76 valence electrons. The Hall–Kier alpha value is -1.16. The number of nitrogens with zero attached hydrogens (tertiary/aromatic N) is 2. The first-order chi connectivity index (χ1) is 6.70. The minimum absolute atomic E-state index is 0.552. The maximum atomic E-state index is 5.87. The number of nitrogens with two attached hydrogens (primary N) is 2. The molecular formula is C10H16N4. The van der Waals surface area contributed by atoms with Crippen molar-refractivity contribution in [3.8, 4) is 0 Å². The zero-order valence-electron chi connectivity index (χ0n) is 8.45. The third-order valence-corrected chi connectivity index (χ3v) is 2.85. The Morgan fingerprint density at radius 2 is 2.21 bits per heavy atom. The number of fused-ring (bicyclic) bond motifs is 1. The first-order valence-electron chi connectivity index (χ1n) is 5.02. The van der Waals surface area contributed by atoms with Crippen LogP contribution in [0.3, 0.4) is 0 Å². The second-order valence-electron chi connectivity index (χ2n) is 3.93. The van der Waals surface area contributed by atoms with E-state index >= 15 is 0 Å². The van der Waals surface area contributed by atoms with Gasteiger partial charge in [-0.25, -0.2) is 9.97 Å². The third-order valence-electron chi connectivity index (χ3n) is 2.85. The van der Waals surface area contributed by atoms with Crippen molar-refractivity contribution in [2.24, 2.45) is 11.7 Å². The van der Waals surface area contributed by atoms with Crippen LogP contribution >= 0.6 is 0 Å². The zero-order valence-corrected chi connectivity index (χ0v) is 8.45. The molecule has 4 nitrogen and oxygen atoms in total. The lowest BCUT2D eigenvalue weighted by Gasteiger charge is -2.23. The fraction of sp³-hybridized carbons (Fsp3) is 0.600. The van der Waals surface area contributed by atoms with Crippen LogP contribution < -0.4 is 11.5 Å². The van der Waals surface area contributed by atoms with Gasteiger partial charge in [0, 0.05) is 11.3 Å². The SMILES string of the molecule is Cc1nc(N)c2c(n1)CCC(CN)C2. The molecule has 1 aliphatic carbocycles. The van der Waals surface area contributed by atoms with E-state index in [0.29, 0.717) is 11.7 Å². The fourth-order valence-electron chi connectivity index (χ4n) is 2.04. The van der Waals surface area contributed by atoms with Crippen molar-refractivity contribution < 1.29 is 0 Å². The molecule has 0 aliphatic heterocycles. The average molecular weight is 192 g/mol. The number of hydrogen-bond acceptors (Lipinski definition) is 4. The molecule has 1 atom stereocenters. The lowest BCUT2D eigenvalue weighted by Crippen LogP contribution is -2.24. The molecule has 0 amide bonds. The number of aromatic nitrogens is 2. The minimum Gasteiger partial charge on any atom is -0.383 e. The summed E-state index contributed by atoms with van der Waals surface area (Å²) in [5, 5.41) is 0. The molecular weight excluding hydrogens is 176 g/mol. The Labute approximate surface area is 83.7 Å². The van der Waals surface area contributed by atoms with Gasteiger partial charge in [0.15, 0.2) is 0 Å². The normalized spacial score (nSPS) is 20.6. The summed E-state index contributed by atoms with van der Waals surface area (Å²) in [5.41, 5.74) is 13.8. The maximum absolute atomic E-state index is 5.87. The summed E-state index contributed by atoms with van der Waals surface area (Å²) in [6, 6.07) is 0. The predicted octanol–water partition coefficient (Wildman–Crippen LogP) is 0.431. The first-order valence-corrected chi connectivity index (χ1v) is 5.02. The van der Waals surface area contributed by atoms with E-state index in [9.17, 15) is 0 Å². The average Bonchev–Trinajstić information content (AvgIpc) is 2.17. The van der Waals surface area contributed by atoms with Gasteiger partial charge in [-0.05, 0) is 38.6 Å². The van der Waals surface area contributed by atoms with Gasteiger partial charge in [-0.3, -0.25) is 0 Å². The molecule has 1 unspecified atom stereocenters. The van der Waals surface area contributed by atoms with E-state index in [1.54, 1.807) is 0 Å². The van der Waals surface area contributed by atoms with Gasteiger partial charge in [-0.15, -0.1) is 0 Å². The molecule has 0 saturated carbocycles. The second kappa shape index (κ2) is 3.53. The summed E-state index contributed by atoms with van der Waals surface area (Å²) in [4.78, 5) is 8.59. The van der Waals surface area contributed by atoms with Crippen molar-refractivity contribution in [2.75, 3.05) is 12.3 Å². The van der Waals surface area contributed by atoms with Crippen LogP contribution in [-0.4, -0.2) is 16.5 Å². The van der Waals surface area contributed by atoms with E-state index in [0.717, 1.165) is 42.9 Å². The van der Waals surface area contributed by atoms with Crippen molar-refractivity contribution in [3.05, 3.63) is 17.1 Å². The summed E-state index contributed by atoms with van der Waals surface area (Å²) in [6.45, 7) is 2.61. The molecule has 1 aliphatic rings. The number of hydrogen-bond donors (Lipinski definition) is 2. The maximum Gasteiger partial charge on any atom is 0.130 e. The first kappa shape index (κ1) is 9.40. The fourth-order valence-corrected chi connectivity index (χ4v) is 2.04. The quantitative estimate of drug-likeness (QED) is 0.676. The summed E-state index contributed by atoms with van der Waals surface area (Å²) in [7, 11) is 0. The van der Waals surface area contributed by atoms with Crippen molar-refractivity contribution >= 4 is 5.82 Å². The van der Waals surface area contributed by atoms with Gasteiger partial charge in [0.2, 0.25) is 0 Å². The Bertz CT molecular complexity index is 348. The van der Waals surface area contributed by atoms with E-state index in [4.69, 9.17) is 11.5 Å². The van der Waals surface area contributed by atoms with E-state index in [1.807, 2.05) is 6.92 Å². The standard InChI is InChI=1S/C10H16N4/c1-6-13-9-3-2-7(5-11)4-8(9)10(12)14-6/h7H,2-5,11H2,1H3,(H2,12,13,14). The monoisotopic (exact) mass is 192 g/mol. The van der Waals surface area contributed by atoms with Gasteiger partial charge >= 0.3 is 0 Å². The Morgan fingerprint density at radius 3 is 2.93 bits per heavy atom. The van der Waals surface area contributed by atoms with Gasteiger partial charge < -0.3 is 11.5 Å². The molecule has 4 heteroatoms. The number of aryl methyl sites for hydroxylation is 2. The lowest BCUT2D eigenvalue weighted by atomic mass is 9.87. The Balaban J connectivity index is 2.37. The van der Waals surface area contributed by atoms with Crippen LogP contribution in [0.25, 0.3) is 0 Å². The molecule has 14 heavy (non-hydrogen) atoms. The van der Waals surface area contributed by atoms with Gasteiger partial charge in [0.05, 0.1) is 0 Å². The third kappa shape index (κ3) is 1.57. The van der Waals surface area contributed by atoms with Crippen molar-refractivity contribution in [1.29, 1.82) is 0 Å². The van der Waals surface area contributed by atoms with E-state index in [-0.39, 0.29) is 0 Å². The van der Waals surface area contributed by atoms with E-state index in [1.165, 1.54) is 0 Å². The van der Waals surface area contributed by atoms with Gasteiger partial charge in [-0.1, -0.05) is 0 Å². The number of nitrogen functional groups attached to an aromatic ring is 1. The summed E-state index contributed by atoms with van der Waals surface area (Å²) >= 11 is 0. The van der Waals surface area contributed by atoms with Crippen molar-refractivity contribution in [1.82, 2.24) is 9.97 Å². The molecule has 0 radical (unpaired) electrons. The minimum atomic E-state index is 0.552. The van der Waals surface area contributed by atoms with Gasteiger partial charge in [0.25, 0.3) is 0 Å². The van der Waals surface area contributed by atoms with Crippen LogP contribution in [0.5, 0.6) is 0 Å². The van der Waals surface area contributed by atoms with Crippen molar-refractivity contribution in [2.45, 2.75) is 26.2 Å². The molecule has 1 aromatic rings. The largest absolute Gasteiger partial charge is 0.383 e. The van der Waals surface area contributed by atoms with Crippen LogP contribution in [0.1, 0.15) is 23.5 Å². The number of rotatable bonds is 1. The topological polar surface area (TPSA) is 77.8 Å². The molecule has 0 bridgehead atoms. The molecule has 1 heterocycles. The summed E-state index contributed by atoms with van der Waals surface area (Å²) in [6.07, 6.45) is 3.06. The highest BCUT2D eigenvalue weighted by molar-refractivity contribution is 5.43. The van der Waals surface area contributed by atoms with Crippen LogP contribution in [0.15, 0.2) is 0 Å². The molecule has 2 rings (SSSR count). The van der Waals surface area contributed by atoms with Crippen LogP contribution in [0, 0.1) is 12.8 Å². The summed E-state index contributed by atoms with van der Waals surface area (Å²) < 4.78 is 0. The second-order valence-corrected chi connectivity index (χ2v) is 3.93. The zero-order chi connectivity index (χ0) is 10.1. The van der Waals surface area contributed by atoms with Crippen LogP contribution in [-0.2, 0) is 12.8 Å². The lowest BCUT2D eigenvalue weighted by molar-refractivity contribution is 0.462. The van der Waals surface area contributed by atoms with Crippen molar-refractivity contribution in [3.63, 3.8) is 0 Å². The Morgan fingerprint density at radius 1 is 1.43 bits per heavy atom. The van der Waals surface area contributed by atoms with Gasteiger partial charge in [0.1, 0.15) is 11.6 Å². The van der Waals surface area contributed by atoms with Gasteiger partial charge in [-0.2, -0.15) is 0 Å². The highest BCUT2D eigenvalue weighted by atomic mass is 14.9. The Kier molecular flexibility index (Phi) is 2.37. The highest BCUT2D eigenvalue weighted by Gasteiger charge is 2.21.